The summed E-state index contributed by atoms with van der Waals surface area (Å²) in [4.78, 5) is 16.6. The molecule has 0 aliphatic carbocycles. The highest BCUT2D eigenvalue weighted by Gasteiger charge is 2.31. The maximum atomic E-state index is 12.4. The summed E-state index contributed by atoms with van der Waals surface area (Å²) in [5.41, 5.74) is 0. The van der Waals surface area contributed by atoms with Crippen LogP contribution >= 0.6 is 0 Å². The summed E-state index contributed by atoms with van der Waals surface area (Å²) in [6, 6.07) is 0.361. The van der Waals surface area contributed by atoms with Crippen molar-refractivity contribution < 1.29 is 4.79 Å². The monoisotopic (exact) mass is 227 g/mol. The van der Waals surface area contributed by atoms with Gasteiger partial charge in [-0.15, -0.1) is 0 Å². The van der Waals surface area contributed by atoms with Crippen LogP contribution in [-0.2, 0) is 4.79 Å². The predicted octanol–water partition coefficient (Wildman–Crippen LogP) is 0.537. The fraction of sp³-hybridized carbons (Fsp3) is 0.917. The number of hydrogen-bond acceptors (Lipinski definition) is 3. The van der Waals surface area contributed by atoms with Gasteiger partial charge >= 0.3 is 0 Å². The third kappa shape index (κ3) is 2.95. The average molecular weight is 227 g/mol. The van der Waals surface area contributed by atoms with Gasteiger partial charge in [-0.1, -0.05) is 6.92 Å². The first-order valence-corrected chi connectivity index (χ1v) is 6.27. The first-order valence-electron chi connectivity index (χ1n) is 6.27. The molecule has 0 saturated carbocycles. The molecule has 4 nitrogen and oxygen atoms in total. The third-order valence-corrected chi connectivity index (χ3v) is 3.53. The van der Waals surface area contributed by atoms with Crippen molar-refractivity contribution in [3.05, 3.63) is 0 Å². The quantitative estimate of drug-likeness (QED) is 0.761. The van der Waals surface area contributed by atoms with Gasteiger partial charge in [0, 0.05) is 25.7 Å². The number of hydrogen-bond donors (Lipinski definition) is 1. The number of likely N-dealkylation sites (N-methyl/N-ethyl adjacent to an activating group) is 2. The molecule has 0 radical (unpaired) electrons. The van der Waals surface area contributed by atoms with Crippen LogP contribution in [-0.4, -0.2) is 61.5 Å². The van der Waals surface area contributed by atoms with E-state index in [-0.39, 0.29) is 11.9 Å². The lowest BCUT2D eigenvalue weighted by atomic mass is 10.1. The molecule has 1 amide bonds. The number of carbonyl (C=O) groups is 1. The molecule has 94 valence electrons. The minimum Gasteiger partial charge on any atom is -0.339 e. The molecule has 0 aromatic rings. The van der Waals surface area contributed by atoms with Gasteiger partial charge in [-0.05, 0) is 33.9 Å². The van der Waals surface area contributed by atoms with E-state index in [0.717, 1.165) is 32.5 Å². The molecule has 0 bridgehead atoms. The normalized spacial score (nSPS) is 25.6. The van der Waals surface area contributed by atoms with Crippen molar-refractivity contribution in [1.82, 2.24) is 15.1 Å². The summed E-state index contributed by atoms with van der Waals surface area (Å²) in [7, 11) is 3.94. The van der Waals surface area contributed by atoms with Gasteiger partial charge in [0.05, 0.1) is 0 Å². The van der Waals surface area contributed by atoms with Gasteiger partial charge in [0.15, 0.2) is 0 Å². The summed E-state index contributed by atoms with van der Waals surface area (Å²) < 4.78 is 0. The highest BCUT2D eigenvalue weighted by molar-refractivity contribution is 5.82. The Morgan fingerprint density at radius 2 is 2.19 bits per heavy atom. The zero-order valence-corrected chi connectivity index (χ0v) is 11.0. The van der Waals surface area contributed by atoms with E-state index in [1.54, 1.807) is 0 Å². The SMILES string of the molecule is CCC(C)N1CCCN(C)C(CNC)C1=O. The lowest BCUT2D eigenvalue weighted by Gasteiger charge is -2.31. The average Bonchev–Trinajstić information content (AvgIpc) is 2.41. The first-order chi connectivity index (χ1) is 7.61. The highest BCUT2D eigenvalue weighted by atomic mass is 16.2. The molecule has 1 saturated heterocycles. The maximum Gasteiger partial charge on any atom is 0.241 e. The van der Waals surface area contributed by atoms with Crippen LogP contribution in [0.5, 0.6) is 0 Å². The molecule has 2 atom stereocenters. The van der Waals surface area contributed by atoms with E-state index < -0.39 is 0 Å². The molecule has 1 heterocycles. The molecule has 1 N–H and O–H groups in total. The topological polar surface area (TPSA) is 35.6 Å². The number of nitrogens with one attached hydrogen (secondary N) is 1. The summed E-state index contributed by atoms with van der Waals surface area (Å²) in [6.07, 6.45) is 2.11. The second kappa shape index (κ2) is 6.21. The van der Waals surface area contributed by atoms with Crippen LogP contribution in [0.4, 0.5) is 0 Å². The minimum atomic E-state index is 0.00139. The highest BCUT2D eigenvalue weighted by Crippen LogP contribution is 2.14. The summed E-state index contributed by atoms with van der Waals surface area (Å²) >= 11 is 0. The van der Waals surface area contributed by atoms with Crippen molar-refractivity contribution in [3.8, 4) is 0 Å². The van der Waals surface area contributed by atoms with Crippen LogP contribution in [0.25, 0.3) is 0 Å². The molecule has 1 aliphatic heterocycles. The molecular formula is C12H25N3O. The Balaban J connectivity index is 2.77. The number of rotatable bonds is 4. The Labute approximate surface area is 99.0 Å². The van der Waals surface area contributed by atoms with Gasteiger partial charge in [-0.3, -0.25) is 9.69 Å². The van der Waals surface area contributed by atoms with Crippen molar-refractivity contribution >= 4 is 5.91 Å². The Hall–Kier alpha value is -0.610. The predicted molar refractivity (Wildman–Crippen MR) is 66.4 cm³/mol. The molecule has 1 rings (SSSR count). The van der Waals surface area contributed by atoms with Gasteiger partial charge in [-0.2, -0.15) is 0 Å². The number of nitrogens with zero attached hydrogens (tertiary/aromatic N) is 2. The van der Waals surface area contributed by atoms with E-state index in [9.17, 15) is 4.79 Å². The number of carbonyl (C=O) groups excluding carboxylic acids is 1. The van der Waals surface area contributed by atoms with Gasteiger partial charge in [-0.25, -0.2) is 0 Å². The van der Waals surface area contributed by atoms with Crippen LogP contribution in [0, 0.1) is 0 Å². The molecule has 0 aromatic carbocycles. The molecule has 0 spiro atoms. The lowest BCUT2D eigenvalue weighted by Crippen LogP contribution is -2.51. The molecule has 0 aromatic heterocycles. The fourth-order valence-electron chi connectivity index (χ4n) is 2.23. The van der Waals surface area contributed by atoms with Crippen molar-refractivity contribution in [2.24, 2.45) is 0 Å². The zero-order valence-electron chi connectivity index (χ0n) is 11.0. The van der Waals surface area contributed by atoms with E-state index in [2.05, 4.69) is 24.1 Å². The van der Waals surface area contributed by atoms with Crippen LogP contribution in [0.3, 0.4) is 0 Å². The van der Waals surface area contributed by atoms with Crippen molar-refractivity contribution in [3.63, 3.8) is 0 Å². The van der Waals surface area contributed by atoms with E-state index in [1.165, 1.54) is 0 Å². The van der Waals surface area contributed by atoms with Crippen molar-refractivity contribution in [2.75, 3.05) is 33.7 Å². The number of amides is 1. The molecule has 16 heavy (non-hydrogen) atoms. The molecular weight excluding hydrogens is 202 g/mol. The van der Waals surface area contributed by atoms with Crippen LogP contribution < -0.4 is 5.32 Å². The Bertz CT molecular complexity index is 228. The lowest BCUT2D eigenvalue weighted by molar-refractivity contribution is -0.136. The molecule has 1 fully saturated rings. The Morgan fingerprint density at radius 3 is 2.75 bits per heavy atom. The summed E-state index contributed by atoms with van der Waals surface area (Å²) in [5.74, 6) is 0.281. The van der Waals surface area contributed by atoms with Gasteiger partial charge < -0.3 is 10.2 Å². The van der Waals surface area contributed by atoms with Gasteiger partial charge in [0.1, 0.15) is 6.04 Å². The third-order valence-electron chi connectivity index (χ3n) is 3.53. The first kappa shape index (κ1) is 13.5. The van der Waals surface area contributed by atoms with Crippen molar-refractivity contribution in [2.45, 2.75) is 38.8 Å². The fourth-order valence-corrected chi connectivity index (χ4v) is 2.23. The van der Waals surface area contributed by atoms with Crippen molar-refractivity contribution in [1.29, 1.82) is 0 Å². The van der Waals surface area contributed by atoms with Crippen LogP contribution in [0.1, 0.15) is 26.7 Å². The van der Waals surface area contributed by atoms with Gasteiger partial charge in [0.25, 0.3) is 0 Å². The molecule has 4 heteroatoms. The van der Waals surface area contributed by atoms with Crippen LogP contribution in [0.15, 0.2) is 0 Å². The maximum absolute atomic E-state index is 12.4. The summed E-state index contributed by atoms with van der Waals surface area (Å²) in [5, 5.41) is 3.11. The van der Waals surface area contributed by atoms with Gasteiger partial charge in [0.2, 0.25) is 5.91 Å². The molecule has 1 aliphatic rings. The van der Waals surface area contributed by atoms with E-state index in [0.29, 0.717) is 6.04 Å². The summed E-state index contributed by atoms with van der Waals surface area (Å²) in [6.45, 7) is 6.92. The standard InChI is InChI=1S/C12H25N3O/c1-5-10(2)15-8-6-7-14(4)11(9-13-3)12(15)16/h10-11,13H,5-9H2,1-4H3. The van der Waals surface area contributed by atoms with E-state index in [4.69, 9.17) is 0 Å². The minimum absolute atomic E-state index is 0.00139. The van der Waals surface area contributed by atoms with E-state index in [1.807, 2.05) is 19.0 Å². The Kier molecular flexibility index (Phi) is 5.22. The van der Waals surface area contributed by atoms with Crippen LogP contribution in [0.2, 0.25) is 0 Å². The van der Waals surface area contributed by atoms with E-state index >= 15 is 0 Å². The largest absolute Gasteiger partial charge is 0.339 e. The second-order valence-electron chi connectivity index (χ2n) is 4.70. The zero-order chi connectivity index (χ0) is 12.1. The molecule has 2 unspecified atom stereocenters. The second-order valence-corrected chi connectivity index (χ2v) is 4.70. The Morgan fingerprint density at radius 1 is 1.50 bits per heavy atom. The smallest absolute Gasteiger partial charge is 0.241 e.